The maximum atomic E-state index is 7.00. The average Bonchev–Trinajstić information content (AvgIpc) is 2.65. The van der Waals surface area contributed by atoms with Crippen LogP contribution in [0.15, 0.2) is 36.4 Å². The molecule has 0 aliphatic rings. The van der Waals surface area contributed by atoms with Gasteiger partial charge < -0.3 is 5.73 Å². The molecule has 0 bridgehead atoms. The van der Waals surface area contributed by atoms with Crippen molar-refractivity contribution in [1.82, 2.24) is 9.88 Å². The second kappa shape index (κ2) is 13.9. The Morgan fingerprint density at radius 2 is 1.52 bits per heavy atom. The summed E-state index contributed by atoms with van der Waals surface area (Å²) in [5.74, 6) is 0. The van der Waals surface area contributed by atoms with Crippen LogP contribution in [0.1, 0.15) is 66.8 Å². The maximum Gasteiger partial charge on any atom is 2.00 e. The molecular weight excluding hydrogens is 512 g/mol. The molecule has 1 radical (unpaired) electrons. The summed E-state index contributed by atoms with van der Waals surface area (Å²) in [6.45, 7) is 21.8. The number of nitrogens with one attached hydrogen (secondary N) is 1. The first-order chi connectivity index (χ1) is 13.9. The monoisotopic (exact) mass is 550 g/mol. The van der Waals surface area contributed by atoms with E-state index in [9.17, 15) is 0 Å². The predicted molar refractivity (Wildman–Crippen MR) is 135 cm³/mol. The molecule has 1 aromatic carbocycles. The molecule has 0 fully saturated rings. The number of nitrogens with zero attached hydrogens (tertiary/aromatic N) is 2. The summed E-state index contributed by atoms with van der Waals surface area (Å²) in [5.41, 5.74) is 9.91. The number of benzene rings is 1. The Balaban J connectivity index is 0.000000838. The summed E-state index contributed by atoms with van der Waals surface area (Å²) in [5, 5.41) is 1.26. The minimum atomic E-state index is -0.135. The SMILES string of the molecule is CCN(CC)Cc1cccc(CP(C(C)(C)C)C(C)(C)C)n1.[NH-]c1c[c-]c(Cl)cc1.[Rh+2]. The first kappa shape index (κ1) is 30.5. The molecule has 0 amide bonds. The van der Waals surface area contributed by atoms with E-state index in [1.54, 1.807) is 12.1 Å². The van der Waals surface area contributed by atoms with Crippen LogP contribution in [0, 0.1) is 6.07 Å². The van der Waals surface area contributed by atoms with E-state index in [0.29, 0.717) is 21.0 Å². The van der Waals surface area contributed by atoms with Crippen molar-refractivity contribution in [1.29, 1.82) is 0 Å². The Morgan fingerprint density at radius 3 is 1.94 bits per heavy atom. The Hall–Kier alpha value is -0.527. The van der Waals surface area contributed by atoms with E-state index in [1.165, 1.54) is 17.5 Å². The van der Waals surface area contributed by atoms with Gasteiger partial charge >= 0.3 is 19.5 Å². The maximum absolute atomic E-state index is 7.00. The topological polar surface area (TPSA) is 39.9 Å². The van der Waals surface area contributed by atoms with Crippen molar-refractivity contribution in [3.8, 4) is 0 Å². The second-order valence-electron chi connectivity index (χ2n) is 9.43. The zero-order valence-electron chi connectivity index (χ0n) is 20.3. The van der Waals surface area contributed by atoms with Gasteiger partial charge in [0.1, 0.15) is 0 Å². The summed E-state index contributed by atoms with van der Waals surface area (Å²) in [4.78, 5) is 7.37. The van der Waals surface area contributed by atoms with Crippen molar-refractivity contribution < 1.29 is 19.5 Å². The van der Waals surface area contributed by atoms with Gasteiger partial charge in [-0.15, -0.1) is 11.6 Å². The molecule has 3 nitrogen and oxygen atoms in total. The van der Waals surface area contributed by atoms with Gasteiger partial charge in [0, 0.05) is 18.4 Å². The van der Waals surface area contributed by atoms with Crippen molar-refractivity contribution in [3.63, 3.8) is 0 Å². The van der Waals surface area contributed by atoms with Crippen LogP contribution < -0.4 is 0 Å². The van der Waals surface area contributed by atoms with E-state index < -0.39 is 0 Å². The Bertz CT molecular complexity index is 716. The van der Waals surface area contributed by atoms with Gasteiger partial charge in [-0.2, -0.15) is 24.3 Å². The zero-order chi connectivity index (χ0) is 22.9. The number of hydrogen-bond acceptors (Lipinski definition) is 2. The fourth-order valence-electron chi connectivity index (χ4n) is 3.43. The third-order valence-electron chi connectivity index (χ3n) is 4.86. The third kappa shape index (κ3) is 11.8. The quantitative estimate of drug-likeness (QED) is 0.206. The summed E-state index contributed by atoms with van der Waals surface area (Å²) in [6, 6.07) is 14.0. The summed E-state index contributed by atoms with van der Waals surface area (Å²) >= 11 is 5.47. The molecule has 31 heavy (non-hydrogen) atoms. The first-order valence-electron chi connectivity index (χ1n) is 10.7. The standard InChI is InChI=1S/C19H35N2P.C6H4ClN.Rh/c1-9-21(10-2)14-16-12-11-13-17(20-16)15-22(18(3,4)5)19(6,7)8;7-5-1-3-6(8)4-2-5;/h11-13H,9-10,14-15H2,1-8H3;1,3-4,8H;/q;-2;+2. The molecule has 0 spiro atoms. The summed E-state index contributed by atoms with van der Waals surface area (Å²) < 4.78 is 0. The van der Waals surface area contributed by atoms with Crippen molar-refractivity contribution in [2.24, 2.45) is 0 Å². The smallest absolute Gasteiger partial charge is 0.757 e. The molecule has 2 aromatic rings. The molecule has 0 saturated heterocycles. The molecule has 6 heteroatoms. The van der Waals surface area contributed by atoms with Crippen LogP contribution >= 0.6 is 19.5 Å². The molecule has 1 heterocycles. The minimum Gasteiger partial charge on any atom is -0.757 e. The van der Waals surface area contributed by atoms with E-state index in [0.717, 1.165) is 25.8 Å². The van der Waals surface area contributed by atoms with E-state index in [1.807, 2.05) is 0 Å². The largest absolute Gasteiger partial charge is 2.00 e. The van der Waals surface area contributed by atoms with Crippen LogP contribution in [-0.2, 0) is 32.2 Å². The Kier molecular flexibility index (Phi) is 13.7. The van der Waals surface area contributed by atoms with Crippen LogP contribution in [0.2, 0.25) is 5.02 Å². The van der Waals surface area contributed by atoms with E-state index in [4.69, 9.17) is 22.3 Å². The van der Waals surface area contributed by atoms with Crippen molar-refractivity contribution in [2.45, 2.75) is 78.4 Å². The minimum absolute atomic E-state index is 0. The zero-order valence-corrected chi connectivity index (χ0v) is 23.6. The molecular formula is C25H39ClN3PRh. The van der Waals surface area contributed by atoms with Gasteiger partial charge in [0.25, 0.3) is 0 Å². The predicted octanol–water partition coefficient (Wildman–Crippen LogP) is 8.32. The van der Waals surface area contributed by atoms with Crippen LogP contribution in [0.3, 0.4) is 0 Å². The third-order valence-corrected chi connectivity index (χ3v) is 8.97. The van der Waals surface area contributed by atoms with Gasteiger partial charge in [0.2, 0.25) is 0 Å². The first-order valence-corrected chi connectivity index (χ1v) is 12.6. The Labute approximate surface area is 210 Å². The number of hydrogen-bond donors (Lipinski definition) is 0. The van der Waals surface area contributed by atoms with Gasteiger partial charge in [-0.3, -0.25) is 15.6 Å². The molecule has 0 aliphatic carbocycles. The van der Waals surface area contributed by atoms with Crippen molar-refractivity contribution >= 4 is 25.2 Å². The molecule has 1 N–H and O–H groups in total. The second-order valence-corrected chi connectivity index (χ2v) is 13.7. The van der Waals surface area contributed by atoms with Crippen LogP contribution in [0.25, 0.3) is 5.73 Å². The van der Waals surface area contributed by atoms with Crippen LogP contribution in [-0.4, -0.2) is 33.3 Å². The molecule has 0 unspecified atom stereocenters. The number of pyridine rings is 1. The molecule has 0 atom stereocenters. The van der Waals surface area contributed by atoms with Gasteiger partial charge in [0.15, 0.2) is 0 Å². The fourth-order valence-corrected chi connectivity index (χ4v) is 7.01. The average molecular weight is 551 g/mol. The summed E-state index contributed by atoms with van der Waals surface area (Å²) in [7, 11) is -0.135. The van der Waals surface area contributed by atoms with Crippen LogP contribution in [0.5, 0.6) is 0 Å². The van der Waals surface area contributed by atoms with Gasteiger partial charge in [-0.1, -0.05) is 74.4 Å². The van der Waals surface area contributed by atoms with Gasteiger partial charge in [-0.25, -0.2) is 0 Å². The van der Waals surface area contributed by atoms with Gasteiger partial charge in [0.05, 0.1) is 5.69 Å². The number of halogens is 1. The van der Waals surface area contributed by atoms with E-state index >= 15 is 0 Å². The number of aromatic nitrogens is 1. The molecule has 175 valence electrons. The fraction of sp³-hybridized carbons (Fsp3) is 0.560. The van der Waals surface area contributed by atoms with Crippen LogP contribution in [0.4, 0.5) is 5.69 Å². The molecule has 0 saturated carbocycles. The Morgan fingerprint density at radius 1 is 0.968 bits per heavy atom. The molecule has 2 rings (SSSR count). The number of rotatable bonds is 6. The van der Waals surface area contributed by atoms with E-state index in [2.05, 4.69) is 84.6 Å². The normalized spacial score (nSPS) is 11.7. The van der Waals surface area contributed by atoms with Gasteiger partial charge in [-0.05, 0) is 35.5 Å². The van der Waals surface area contributed by atoms with E-state index in [-0.39, 0.29) is 27.4 Å². The van der Waals surface area contributed by atoms with Crippen molar-refractivity contribution in [2.75, 3.05) is 13.1 Å². The van der Waals surface area contributed by atoms with Crippen molar-refractivity contribution in [3.05, 3.63) is 64.6 Å². The molecule has 1 aromatic heterocycles. The summed E-state index contributed by atoms with van der Waals surface area (Å²) in [6.07, 6.45) is 1.12. The molecule has 0 aliphatic heterocycles.